The lowest BCUT2D eigenvalue weighted by atomic mass is 10.2. The molecule has 0 aliphatic heterocycles. The van der Waals surface area contributed by atoms with Crippen molar-refractivity contribution in [3.63, 3.8) is 0 Å². The van der Waals surface area contributed by atoms with Crippen molar-refractivity contribution < 1.29 is 9.18 Å². The van der Waals surface area contributed by atoms with E-state index in [4.69, 9.17) is 11.6 Å². The molecule has 0 unspecified atom stereocenters. The molecule has 2 aromatic rings. The summed E-state index contributed by atoms with van der Waals surface area (Å²) in [5.41, 5.74) is 1.78. The molecule has 2 aromatic carbocycles. The number of anilines is 2. The minimum atomic E-state index is -0.448. The van der Waals surface area contributed by atoms with Crippen molar-refractivity contribution in [3.8, 4) is 0 Å². The van der Waals surface area contributed by atoms with Gasteiger partial charge in [-0.1, -0.05) is 23.7 Å². The van der Waals surface area contributed by atoms with E-state index in [1.807, 2.05) is 0 Å². The summed E-state index contributed by atoms with van der Waals surface area (Å²) in [7, 11) is 0. The third kappa shape index (κ3) is 3.69. The molecule has 2 N–H and O–H groups in total. The van der Waals surface area contributed by atoms with Crippen molar-refractivity contribution in [1.29, 1.82) is 0 Å². The number of halogens is 2. The Bertz CT molecular complexity index is 616. The molecule has 0 radical (unpaired) electrons. The molecule has 3 nitrogen and oxygen atoms in total. The van der Waals surface area contributed by atoms with E-state index in [9.17, 15) is 9.18 Å². The Hall–Kier alpha value is -2.07. The Morgan fingerprint density at radius 2 is 1.95 bits per heavy atom. The second-order valence-corrected chi connectivity index (χ2v) is 4.49. The molecule has 0 fully saturated rings. The molecule has 5 heteroatoms. The van der Waals surface area contributed by atoms with Gasteiger partial charge in [-0.05, 0) is 42.8 Å². The average Bonchev–Trinajstić information content (AvgIpc) is 2.34. The van der Waals surface area contributed by atoms with Gasteiger partial charge in [0.25, 0.3) is 0 Å². The van der Waals surface area contributed by atoms with Crippen LogP contribution < -0.4 is 10.6 Å². The van der Waals surface area contributed by atoms with E-state index in [1.165, 1.54) is 12.1 Å². The maximum Gasteiger partial charge on any atom is 0.323 e. The van der Waals surface area contributed by atoms with Crippen LogP contribution >= 0.6 is 11.6 Å². The number of amides is 2. The fourth-order valence-electron chi connectivity index (χ4n) is 1.58. The van der Waals surface area contributed by atoms with E-state index in [0.717, 1.165) is 5.56 Å². The number of benzene rings is 2. The van der Waals surface area contributed by atoms with E-state index >= 15 is 0 Å². The van der Waals surface area contributed by atoms with E-state index in [0.29, 0.717) is 16.4 Å². The van der Waals surface area contributed by atoms with Crippen molar-refractivity contribution in [1.82, 2.24) is 0 Å². The Kier molecular flexibility index (Phi) is 4.02. The summed E-state index contributed by atoms with van der Waals surface area (Å²) < 4.78 is 13.1. The summed E-state index contributed by atoms with van der Waals surface area (Å²) in [6.45, 7) is 1.79. The first kappa shape index (κ1) is 13.4. The molecular weight excluding hydrogens is 267 g/mol. The lowest BCUT2D eigenvalue weighted by Gasteiger charge is -2.10. The summed E-state index contributed by atoms with van der Waals surface area (Å²) >= 11 is 5.81. The van der Waals surface area contributed by atoms with Gasteiger partial charge in [0.1, 0.15) is 5.82 Å². The zero-order valence-corrected chi connectivity index (χ0v) is 11.0. The van der Waals surface area contributed by atoms with Gasteiger partial charge in [-0.25, -0.2) is 9.18 Å². The Morgan fingerprint density at radius 1 is 1.16 bits per heavy atom. The van der Waals surface area contributed by atoms with Gasteiger partial charge < -0.3 is 10.6 Å². The van der Waals surface area contributed by atoms with E-state index in [-0.39, 0.29) is 0 Å². The quantitative estimate of drug-likeness (QED) is 0.838. The molecule has 0 saturated heterocycles. The molecule has 98 valence electrons. The van der Waals surface area contributed by atoms with Crippen LogP contribution in [0.4, 0.5) is 20.6 Å². The first-order chi connectivity index (χ1) is 9.04. The third-order valence-electron chi connectivity index (χ3n) is 2.53. The van der Waals surface area contributed by atoms with Crippen molar-refractivity contribution >= 4 is 29.0 Å². The molecule has 2 amide bonds. The maximum absolute atomic E-state index is 13.1. The number of urea groups is 1. The Morgan fingerprint density at radius 3 is 2.68 bits per heavy atom. The second kappa shape index (κ2) is 5.71. The molecule has 0 aromatic heterocycles. The van der Waals surface area contributed by atoms with Crippen LogP contribution in [-0.4, -0.2) is 6.03 Å². The molecule has 19 heavy (non-hydrogen) atoms. The van der Waals surface area contributed by atoms with Crippen molar-refractivity contribution in [2.24, 2.45) is 0 Å². The Labute approximate surface area is 115 Å². The van der Waals surface area contributed by atoms with Crippen molar-refractivity contribution in [2.45, 2.75) is 6.92 Å². The molecule has 0 aliphatic carbocycles. The minimum absolute atomic E-state index is 0.399. The topological polar surface area (TPSA) is 41.1 Å². The van der Waals surface area contributed by atoms with Crippen LogP contribution in [0.2, 0.25) is 5.02 Å². The van der Waals surface area contributed by atoms with Gasteiger partial charge in [0.2, 0.25) is 0 Å². The van der Waals surface area contributed by atoms with Crippen LogP contribution in [0.1, 0.15) is 5.56 Å². The van der Waals surface area contributed by atoms with Crippen LogP contribution in [0.3, 0.4) is 0 Å². The summed E-state index contributed by atoms with van der Waals surface area (Å²) in [6, 6.07) is 10.5. The number of carbonyl (C=O) groups is 1. The van der Waals surface area contributed by atoms with Gasteiger partial charge >= 0.3 is 6.03 Å². The third-order valence-corrected chi connectivity index (χ3v) is 2.77. The lowest BCUT2D eigenvalue weighted by Crippen LogP contribution is -2.20. The summed E-state index contributed by atoms with van der Waals surface area (Å²) in [5.74, 6) is -0.399. The fourth-order valence-corrected chi connectivity index (χ4v) is 1.77. The van der Waals surface area contributed by atoms with E-state index in [1.54, 1.807) is 37.3 Å². The summed E-state index contributed by atoms with van der Waals surface area (Å²) in [5, 5.41) is 5.73. The smallest absolute Gasteiger partial charge is 0.308 e. The molecule has 0 aliphatic rings. The molecule has 2 rings (SSSR count). The van der Waals surface area contributed by atoms with Gasteiger partial charge in [0.15, 0.2) is 0 Å². The standard InChI is InChI=1S/C14H12ClFN2O/c1-9-5-6-11(16)8-13(9)18-14(19)17-12-4-2-3-10(15)7-12/h2-8H,1H3,(H2,17,18,19). The lowest BCUT2D eigenvalue weighted by molar-refractivity contribution is 0.262. The number of nitrogens with one attached hydrogen (secondary N) is 2. The highest BCUT2D eigenvalue weighted by molar-refractivity contribution is 6.30. The molecule has 0 heterocycles. The van der Waals surface area contributed by atoms with E-state index < -0.39 is 11.8 Å². The van der Waals surface area contributed by atoms with Crippen LogP contribution in [0.25, 0.3) is 0 Å². The highest BCUT2D eigenvalue weighted by atomic mass is 35.5. The van der Waals surface area contributed by atoms with Gasteiger partial charge in [-0.15, -0.1) is 0 Å². The fraction of sp³-hybridized carbons (Fsp3) is 0.0714. The second-order valence-electron chi connectivity index (χ2n) is 4.05. The zero-order chi connectivity index (χ0) is 13.8. The number of hydrogen-bond donors (Lipinski definition) is 2. The van der Waals surface area contributed by atoms with Crippen molar-refractivity contribution in [3.05, 3.63) is 58.9 Å². The van der Waals surface area contributed by atoms with E-state index in [2.05, 4.69) is 10.6 Å². The predicted molar refractivity (Wildman–Crippen MR) is 75.2 cm³/mol. The monoisotopic (exact) mass is 278 g/mol. The average molecular weight is 279 g/mol. The van der Waals surface area contributed by atoms with Crippen LogP contribution in [0.5, 0.6) is 0 Å². The number of hydrogen-bond acceptors (Lipinski definition) is 1. The Balaban J connectivity index is 2.07. The first-order valence-corrected chi connectivity index (χ1v) is 6.02. The number of aryl methyl sites for hydroxylation is 1. The molecule has 0 saturated carbocycles. The largest absolute Gasteiger partial charge is 0.323 e. The van der Waals surface area contributed by atoms with Crippen LogP contribution in [0.15, 0.2) is 42.5 Å². The highest BCUT2D eigenvalue weighted by Crippen LogP contribution is 2.18. The normalized spacial score (nSPS) is 10.1. The maximum atomic E-state index is 13.1. The highest BCUT2D eigenvalue weighted by Gasteiger charge is 2.06. The van der Waals surface area contributed by atoms with Crippen molar-refractivity contribution in [2.75, 3.05) is 10.6 Å². The number of carbonyl (C=O) groups excluding carboxylic acids is 1. The van der Waals surface area contributed by atoms with Crippen LogP contribution in [0, 0.1) is 12.7 Å². The minimum Gasteiger partial charge on any atom is -0.308 e. The first-order valence-electron chi connectivity index (χ1n) is 5.64. The SMILES string of the molecule is Cc1ccc(F)cc1NC(=O)Nc1cccc(Cl)c1. The number of rotatable bonds is 2. The molecule has 0 spiro atoms. The van der Waals surface area contributed by atoms with Gasteiger partial charge in [0.05, 0.1) is 0 Å². The molecule has 0 atom stereocenters. The van der Waals surface area contributed by atoms with Gasteiger partial charge in [-0.2, -0.15) is 0 Å². The molecule has 0 bridgehead atoms. The predicted octanol–water partition coefficient (Wildman–Crippen LogP) is 4.43. The van der Waals surface area contributed by atoms with Gasteiger partial charge in [0, 0.05) is 16.4 Å². The summed E-state index contributed by atoms with van der Waals surface area (Å²) in [6.07, 6.45) is 0. The van der Waals surface area contributed by atoms with Gasteiger partial charge in [-0.3, -0.25) is 0 Å². The molecular formula is C14H12ClFN2O. The van der Waals surface area contributed by atoms with Crippen LogP contribution in [-0.2, 0) is 0 Å². The summed E-state index contributed by atoms with van der Waals surface area (Å²) in [4.78, 5) is 11.8. The zero-order valence-electron chi connectivity index (χ0n) is 10.2.